The molecular formula is C54H95NO15. The molecule has 406 valence electrons. The number of amides is 1. The van der Waals surface area contributed by atoms with Crippen LogP contribution in [0.15, 0.2) is 0 Å². The van der Waals surface area contributed by atoms with Crippen LogP contribution in [0, 0.1) is 11.8 Å². The number of nitrogens with one attached hydrogen (secondary N) is 1. The van der Waals surface area contributed by atoms with Crippen molar-refractivity contribution in [2.45, 2.75) is 279 Å². The van der Waals surface area contributed by atoms with Crippen LogP contribution in [0.4, 0.5) is 0 Å². The van der Waals surface area contributed by atoms with Crippen molar-refractivity contribution in [2.75, 3.05) is 13.2 Å². The number of hydrogen-bond acceptors (Lipinski definition) is 15. The predicted molar refractivity (Wildman–Crippen MR) is 266 cm³/mol. The van der Waals surface area contributed by atoms with E-state index in [1.165, 1.54) is 97.3 Å². The Morgan fingerprint density at radius 3 is 1.30 bits per heavy atom. The molecular weight excluding hydrogens is 903 g/mol. The van der Waals surface area contributed by atoms with Crippen LogP contribution in [0.25, 0.3) is 0 Å². The van der Waals surface area contributed by atoms with Gasteiger partial charge in [0.15, 0.2) is 30.7 Å². The molecule has 70 heavy (non-hydrogen) atoms. The van der Waals surface area contributed by atoms with Crippen LogP contribution >= 0.6 is 0 Å². The molecule has 1 amide bonds. The molecule has 16 heteroatoms. The lowest BCUT2D eigenvalue weighted by Gasteiger charge is -2.30. The first kappa shape index (κ1) is 64.2. The van der Waals surface area contributed by atoms with E-state index in [0.29, 0.717) is 19.3 Å². The smallest absolute Gasteiger partial charge is 0.303 e. The van der Waals surface area contributed by atoms with Crippen LogP contribution in [-0.2, 0) is 71.5 Å². The Kier molecular flexibility index (Phi) is 35.6. The number of unbranched alkanes of at least 4 members (excludes halogenated alkanes) is 17. The van der Waals surface area contributed by atoms with Crippen LogP contribution in [0.2, 0.25) is 0 Å². The van der Waals surface area contributed by atoms with E-state index < -0.39 is 97.3 Å². The summed E-state index contributed by atoms with van der Waals surface area (Å²) in [5.41, 5.74) is 0. The Labute approximate surface area is 421 Å². The quantitative estimate of drug-likeness (QED) is 0.0344. The maximum atomic E-state index is 14.2. The maximum absolute atomic E-state index is 14.2. The third-order valence-corrected chi connectivity index (χ3v) is 13.1. The van der Waals surface area contributed by atoms with Gasteiger partial charge in [0.1, 0.15) is 18.8 Å². The summed E-state index contributed by atoms with van der Waals surface area (Å²) >= 11 is 0. The van der Waals surface area contributed by atoms with Crippen molar-refractivity contribution in [3.05, 3.63) is 0 Å². The zero-order valence-electron chi connectivity index (χ0n) is 45.0. The van der Waals surface area contributed by atoms with E-state index in [2.05, 4.69) is 33.0 Å². The fourth-order valence-electron chi connectivity index (χ4n) is 8.77. The number of rotatable bonds is 41. The number of carbonyl (C=O) groups is 7. The zero-order chi connectivity index (χ0) is 52.3. The predicted octanol–water partition coefficient (Wildman–Crippen LogP) is 10.5. The molecule has 1 N–H and O–H groups in total. The number of ether oxygens (including phenoxy) is 8. The first-order valence-electron chi connectivity index (χ1n) is 26.9. The van der Waals surface area contributed by atoms with Crippen molar-refractivity contribution >= 4 is 41.7 Å². The van der Waals surface area contributed by atoms with E-state index in [1.807, 2.05) is 0 Å². The highest BCUT2D eigenvalue weighted by atomic mass is 16.7. The molecule has 0 radical (unpaired) electrons. The van der Waals surface area contributed by atoms with Gasteiger partial charge in [-0.25, -0.2) is 0 Å². The molecule has 0 aromatic carbocycles. The molecule has 1 rings (SSSR count). The molecule has 1 aliphatic heterocycles. The first-order chi connectivity index (χ1) is 33.4. The third kappa shape index (κ3) is 30.8. The second-order valence-electron chi connectivity index (χ2n) is 19.7. The summed E-state index contributed by atoms with van der Waals surface area (Å²) in [4.78, 5) is 88.1. The van der Waals surface area contributed by atoms with Gasteiger partial charge >= 0.3 is 35.8 Å². The minimum atomic E-state index is -1.49. The molecule has 0 saturated carbocycles. The Morgan fingerprint density at radius 1 is 0.471 bits per heavy atom. The van der Waals surface area contributed by atoms with Gasteiger partial charge in [-0.1, -0.05) is 163 Å². The van der Waals surface area contributed by atoms with Crippen LogP contribution in [0.1, 0.15) is 230 Å². The minimum Gasteiger partial charge on any atom is -0.462 e. The second-order valence-corrected chi connectivity index (χ2v) is 19.7. The minimum absolute atomic E-state index is 0.275. The van der Waals surface area contributed by atoms with Gasteiger partial charge in [-0.3, -0.25) is 33.6 Å². The van der Waals surface area contributed by atoms with E-state index in [1.54, 1.807) is 0 Å². The average Bonchev–Trinajstić information content (AvgIpc) is 3.61. The SMILES string of the molecule is CCC(C)CCCCCCCCCCCCC(OC(C)=O)C(CO[C@@H]1O[C@@H]([C@@H](COC(C)=O)OC(C)=O)[C@H](OC(C)=O)[C@H]1OC(C)=O)NC(=O)C(CCCCCCCCCCCC(C)CC)OC(C)=O. The van der Waals surface area contributed by atoms with Gasteiger partial charge in [0, 0.05) is 41.5 Å². The molecule has 1 aliphatic rings. The molecule has 0 bridgehead atoms. The maximum Gasteiger partial charge on any atom is 0.303 e. The average molecular weight is 998 g/mol. The van der Waals surface area contributed by atoms with E-state index in [-0.39, 0.29) is 13.0 Å². The third-order valence-electron chi connectivity index (χ3n) is 13.1. The van der Waals surface area contributed by atoms with Gasteiger partial charge in [0.2, 0.25) is 0 Å². The van der Waals surface area contributed by atoms with Crippen LogP contribution in [0.3, 0.4) is 0 Å². The Hall–Kier alpha value is -3.79. The van der Waals surface area contributed by atoms with Crippen molar-refractivity contribution in [1.29, 1.82) is 0 Å². The van der Waals surface area contributed by atoms with E-state index in [0.717, 1.165) is 90.9 Å². The number of esters is 6. The van der Waals surface area contributed by atoms with Crippen LogP contribution in [-0.4, -0.2) is 104 Å². The van der Waals surface area contributed by atoms with Gasteiger partial charge in [-0.15, -0.1) is 0 Å². The highest BCUT2D eigenvalue weighted by Gasteiger charge is 2.54. The highest BCUT2D eigenvalue weighted by Crippen LogP contribution is 2.32. The number of carbonyl (C=O) groups excluding carboxylic acids is 7. The topological polar surface area (TPSA) is 205 Å². The molecule has 1 saturated heterocycles. The molecule has 0 aromatic rings. The van der Waals surface area contributed by atoms with E-state index >= 15 is 0 Å². The van der Waals surface area contributed by atoms with Gasteiger partial charge < -0.3 is 43.2 Å². The summed E-state index contributed by atoms with van der Waals surface area (Å²) in [6, 6.07) is -1.03. The van der Waals surface area contributed by atoms with Gasteiger partial charge in [-0.2, -0.15) is 0 Å². The van der Waals surface area contributed by atoms with Gasteiger partial charge in [-0.05, 0) is 37.5 Å². The normalized spacial score (nSPS) is 19.2. The Bertz CT molecular complexity index is 1490. The fraction of sp³-hybridized carbons (Fsp3) is 0.870. The zero-order valence-corrected chi connectivity index (χ0v) is 45.0. The van der Waals surface area contributed by atoms with Crippen molar-refractivity contribution in [3.63, 3.8) is 0 Å². The number of hydrogen-bond donors (Lipinski definition) is 1. The summed E-state index contributed by atoms with van der Waals surface area (Å²) in [6.07, 6.45) is 17.3. The molecule has 10 atom stereocenters. The lowest BCUT2D eigenvalue weighted by Crippen LogP contribution is -2.52. The summed E-state index contributed by atoms with van der Waals surface area (Å²) in [5.74, 6) is -3.24. The lowest BCUT2D eigenvalue weighted by molar-refractivity contribution is -0.204. The summed E-state index contributed by atoms with van der Waals surface area (Å²) in [5, 5.41) is 2.95. The lowest BCUT2D eigenvalue weighted by atomic mass is 9.99. The molecule has 0 spiro atoms. The van der Waals surface area contributed by atoms with E-state index in [4.69, 9.17) is 37.9 Å². The van der Waals surface area contributed by atoms with Crippen molar-refractivity contribution in [3.8, 4) is 0 Å². The molecule has 0 aliphatic carbocycles. The molecule has 1 fully saturated rings. The molecule has 0 aromatic heterocycles. The summed E-state index contributed by atoms with van der Waals surface area (Å²) in [6.45, 7) is 15.3. The van der Waals surface area contributed by atoms with Crippen LogP contribution < -0.4 is 5.32 Å². The Balaban J connectivity index is 3.26. The molecule has 1 heterocycles. The van der Waals surface area contributed by atoms with Gasteiger partial charge in [0.25, 0.3) is 5.91 Å². The highest BCUT2D eigenvalue weighted by molar-refractivity contribution is 5.83. The molecule has 5 unspecified atom stereocenters. The second kappa shape index (κ2) is 38.8. The summed E-state index contributed by atoms with van der Waals surface area (Å²) < 4.78 is 45.6. The largest absolute Gasteiger partial charge is 0.462 e. The van der Waals surface area contributed by atoms with Crippen molar-refractivity contribution < 1.29 is 71.5 Å². The summed E-state index contributed by atoms with van der Waals surface area (Å²) in [7, 11) is 0. The van der Waals surface area contributed by atoms with Crippen LogP contribution in [0.5, 0.6) is 0 Å². The molecule has 16 nitrogen and oxygen atoms in total. The Morgan fingerprint density at radius 2 is 0.886 bits per heavy atom. The van der Waals surface area contributed by atoms with Crippen molar-refractivity contribution in [1.82, 2.24) is 5.32 Å². The van der Waals surface area contributed by atoms with E-state index in [9.17, 15) is 33.6 Å². The first-order valence-corrected chi connectivity index (χ1v) is 26.9. The fourth-order valence-corrected chi connectivity index (χ4v) is 8.77. The van der Waals surface area contributed by atoms with Crippen molar-refractivity contribution in [2.24, 2.45) is 11.8 Å². The standard InChI is InChI=1S/C54H95NO15/c1-11-38(3)32-28-24-20-16-13-14-18-22-26-30-34-47(65-41(6)57)46(55-53(62)48(66-42(7)58)35-31-27-23-19-15-17-21-25-29-33-39(4)12-2)36-64-54-52(69-45(10)61)51(68-44(9)60)50(70-54)49(67-43(8)59)37-63-40(5)56/h38-39,46-52,54H,11-37H2,1-10H3,(H,55,62)/t38?,39?,46?,47?,48?,49-,50+,51+,52-,54-/m1/s1. The monoisotopic (exact) mass is 998 g/mol. The van der Waals surface area contributed by atoms with Gasteiger partial charge in [0.05, 0.1) is 12.6 Å².